The van der Waals surface area contributed by atoms with E-state index in [0.29, 0.717) is 48.7 Å². The maximum Gasteiger partial charge on any atom is 0.259 e. The summed E-state index contributed by atoms with van der Waals surface area (Å²) in [6.07, 6.45) is 0.346. The summed E-state index contributed by atoms with van der Waals surface area (Å²) < 4.78 is 11.8. The van der Waals surface area contributed by atoms with Crippen molar-refractivity contribution in [3.8, 4) is 5.75 Å². The minimum absolute atomic E-state index is 0.0111. The second-order valence-electron chi connectivity index (χ2n) is 8.69. The Morgan fingerprint density at radius 1 is 1.17 bits per heavy atom. The number of rotatable bonds is 6. The highest BCUT2D eigenvalue weighted by Gasteiger charge is 2.30. The number of hydrogen-bond acceptors (Lipinski definition) is 7. The van der Waals surface area contributed by atoms with E-state index in [1.54, 1.807) is 23.4 Å². The highest BCUT2D eigenvalue weighted by atomic mass is 16.6. The predicted octanol–water partition coefficient (Wildman–Crippen LogP) is 2.01. The van der Waals surface area contributed by atoms with E-state index in [0.717, 1.165) is 5.56 Å². The van der Waals surface area contributed by atoms with Crippen LogP contribution in [0.5, 0.6) is 5.75 Å². The van der Waals surface area contributed by atoms with E-state index in [9.17, 15) is 14.4 Å². The monoisotopic (exact) mass is 479 g/mol. The first-order valence-corrected chi connectivity index (χ1v) is 11.5. The summed E-state index contributed by atoms with van der Waals surface area (Å²) in [6, 6.07) is 10.9. The van der Waals surface area contributed by atoms with Crippen LogP contribution in [0.1, 0.15) is 45.8 Å². The van der Waals surface area contributed by atoms with Gasteiger partial charge in [0.25, 0.3) is 11.5 Å². The highest BCUT2D eigenvalue weighted by Crippen LogP contribution is 2.26. The van der Waals surface area contributed by atoms with E-state index >= 15 is 0 Å². The largest absolute Gasteiger partial charge is 0.496 e. The summed E-state index contributed by atoms with van der Waals surface area (Å²) >= 11 is 0. The molecule has 0 N–H and O–H groups in total. The molecule has 0 unspecified atom stereocenters. The van der Waals surface area contributed by atoms with Gasteiger partial charge >= 0.3 is 0 Å². The average Bonchev–Trinajstić information content (AvgIpc) is 3.13. The molecule has 3 heterocycles. The number of carbonyl (C=O) groups excluding carboxylic acids is 2. The van der Waals surface area contributed by atoms with Crippen LogP contribution in [0.15, 0.2) is 45.8 Å². The van der Waals surface area contributed by atoms with Gasteiger partial charge in [0.2, 0.25) is 5.91 Å². The molecule has 1 aliphatic heterocycles. The van der Waals surface area contributed by atoms with Gasteiger partial charge in [0.05, 0.1) is 19.6 Å². The van der Waals surface area contributed by atoms with Gasteiger partial charge in [-0.05, 0) is 19.4 Å². The molecule has 0 saturated carbocycles. The van der Waals surface area contributed by atoms with E-state index < -0.39 is 0 Å². The van der Waals surface area contributed by atoms with Crippen molar-refractivity contribution in [3.63, 3.8) is 0 Å². The Morgan fingerprint density at radius 3 is 2.57 bits per heavy atom. The van der Waals surface area contributed by atoms with Gasteiger partial charge in [-0.1, -0.05) is 40.6 Å². The third kappa shape index (κ3) is 4.82. The minimum atomic E-state index is -0.314. The fourth-order valence-electron chi connectivity index (χ4n) is 4.40. The number of aromatic nitrogens is 3. The molecule has 3 aromatic rings. The van der Waals surface area contributed by atoms with Crippen molar-refractivity contribution in [1.82, 2.24) is 24.7 Å². The number of methoxy groups -OCH3 is 1. The Hall–Kier alpha value is -3.95. The zero-order chi connectivity index (χ0) is 25.1. The molecule has 2 aromatic heterocycles. The standard InChI is InChI=1S/C25H29N5O5/c1-16(18-8-6-5-7-9-18)24(32)29-11-10-20-23(21(34-4)14-22(31)30(20)13-12-29)25(33)28(3)15-19-17(2)26-35-27-19/h5-9,14,16H,10-13,15H2,1-4H3/t16-/m1/s1. The third-order valence-electron chi connectivity index (χ3n) is 6.49. The Morgan fingerprint density at radius 2 is 1.91 bits per heavy atom. The fourth-order valence-corrected chi connectivity index (χ4v) is 4.40. The van der Waals surface area contributed by atoms with Crippen molar-refractivity contribution in [2.24, 2.45) is 0 Å². The first kappa shape index (κ1) is 24.2. The summed E-state index contributed by atoms with van der Waals surface area (Å²) in [5.74, 6) is -0.422. The molecule has 35 heavy (non-hydrogen) atoms. The Kier molecular flexibility index (Phi) is 6.99. The van der Waals surface area contributed by atoms with Gasteiger partial charge in [-0.2, -0.15) is 0 Å². The van der Waals surface area contributed by atoms with Crippen LogP contribution in [-0.2, 0) is 24.3 Å². The summed E-state index contributed by atoms with van der Waals surface area (Å²) in [4.78, 5) is 42.9. The minimum Gasteiger partial charge on any atom is -0.496 e. The lowest BCUT2D eigenvalue weighted by atomic mass is 9.99. The zero-order valence-electron chi connectivity index (χ0n) is 20.4. The molecule has 0 saturated heterocycles. The van der Waals surface area contributed by atoms with Crippen molar-refractivity contribution < 1.29 is 19.0 Å². The lowest BCUT2D eigenvalue weighted by Crippen LogP contribution is -2.36. The van der Waals surface area contributed by atoms with Crippen LogP contribution >= 0.6 is 0 Å². The molecule has 1 aliphatic rings. The van der Waals surface area contributed by atoms with Crippen molar-refractivity contribution in [2.45, 2.75) is 39.3 Å². The maximum atomic E-state index is 13.5. The molecular formula is C25H29N5O5. The van der Waals surface area contributed by atoms with E-state index in [1.165, 1.54) is 18.1 Å². The number of fused-ring (bicyclic) bond motifs is 1. The van der Waals surface area contributed by atoms with Gasteiger partial charge < -0.3 is 19.1 Å². The number of pyridine rings is 1. The molecule has 2 amide bonds. The molecule has 0 aliphatic carbocycles. The van der Waals surface area contributed by atoms with Crippen LogP contribution in [0.25, 0.3) is 0 Å². The number of benzene rings is 1. The summed E-state index contributed by atoms with van der Waals surface area (Å²) in [5, 5.41) is 7.61. The lowest BCUT2D eigenvalue weighted by molar-refractivity contribution is -0.132. The molecule has 0 fully saturated rings. The Balaban J connectivity index is 1.62. The van der Waals surface area contributed by atoms with Gasteiger partial charge in [0.15, 0.2) is 0 Å². The molecule has 1 atom stereocenters. The Labute approximate surface area is 203 Å². The second-order valence-corrected chi connectivity index (χ2v) is 8.69. The summed E-state index contributed by atoms with van der Waals surface area (Å²) in [7, 11) is 3.08. The first-order valence-electron chi connectivity index (χ1n) is 11.5. The van der Waals surface area contributed by atoms with Gasteiger partial charge in [0.1, 0.15) is 22.7 Å². The number of hydrogen-bond donors (Lipinski definition) is 0. The van der Waals surface area contributed by atoms with Crippen molar-refractivity contribution in [2.75, 3.05) is 27.2 Å². The second kappa shape index (κ2) is 10.1. The molecule has 0 bridgehead atoms. The van der Waals surface area contributed by atoms with Crippen LogP contribution < -0.4 is 10.3 Å². The maximum absolute atomic E-state index is 13.5. The molecule has 10 nitrogen and oxygen atoms in total. The number of amides is 2. The van der Waals surface area contributed by atoms with Gasteiger partial charge in [-0.25, -0.2) is 4.63 Å². The van der Waals surface area contributed by atoms with Crippen molar-refractivity contribution >= 4 is 11.8 Å². The first-order chi connectivity index (χ1) is 16.8. The number of carbonyl (C=O) groups is 2. The smallest absolute Gasteiger partial charge is 0.259 e. The van der Waals surface area contributed by atoms with Crippen LogP contribution in [0.2, 0.25) is 0 Å². The van der Waals surface area contributed by atoms with Crippen LogP contribution in [0.3, 0.4) is 0 Å². The molecule has 0 radical (unpaired) electrons. The van der Waals surface area contributed by atoms with Crippen LogP contribution in [0.4, 0.5) is 0 Å². The van der Waals surface area contributed by atoms with Crippen LogP contribution in [0, 0.1) is 6.92 Å². The Bertz CT molecular complexity index is 1280. The van der Waals surface area contributed by atoms with Crippen LogP contribution in [-0.4, -0.2) is 63.7 Å². The van der Waals surface area contributed by atoms with Gasteiger partial charge in [0, 0.05) is 44.9 Å². The summed E-state index contributed by atoms with van der Waals surface area (Å²) in [5.41, 5.74) is 2.69. The highest BCUT2D eigenvalue weighted by molar-refractivity contribution is 5.98. The molecule has 184 valence electrons. The number of nitrogens with zero attached hydrogens (tertiary/aromatic N) is 5. The molecule has 1 aromatic carbocycles. The molecule has 10 heteroatoms. The quantitative estimate of drug-likeness (QED) is 0.532. The van der Waals surface area contributed by atoms with Crippen molar-refractivity contribution in [3.05, 3.63) is 75.0 Å². The van der Waals surface area contributed by atoms with E-state index in [1.807, 2.05) is 37.3 Å². The lowest BCUT2D eigenvalue weighted by Gasteiger charge is -2.24. The predicted molar refractivity (Wildman–Crippen MR) is 127 cm³/mol. The fraction of sp³-hybridized carbons (Fsp3) is 0.400. The number of ether oxygens (including phenoxy) is 1. The SMILES string of the molecule is COc1cc(=O)n2c(c1C(=O)N(C)Cc1nonc1C)CCN(C(=O)[C@H](C)c1ccccc1)CC2. The zero-order valence-corrected chi connectivity index (χ0v) is 20.4. The number of aryl methyl sites for hydroxylation is 1. The molecule has 4 rings (SSSR count). The van der Waals surface area contributed by atoms with Crippen molar-refractivity contribution in [1.29, 1.82) is 0 Å². The average molecular weight is 480 g/mol. The third-order valence-corrected chi connectivity index (χ3v) is 6.49. The van der Waals surface area contributed by atoms with E-state index in [4.69, 9.17) is 9.37 Å². The molecule has 0 spiro atoms. The van der Waals surface area contributed by atoms with E-state index in [2.05, 4.69) is 10.3 Å². The topological polar surface area (TPSA) is 111 Å². The summed E-state index contributed by atoms with van der Waals surface area (Å²) in [6.45, 7) is 4.88. The van der Waals surface area contributed by atoms with Gasteiger partial charge in [-0.3, -0.25) is 14.4 Å². The van der Waals surface area contributed by atoms with Gasteiger partial charge in [-0.15, -0.1) is 0 Å². The normalized spacial score (nSPS) is 14.1. The van der Waals surface area contributed by atoms with E-state index in [-0.39, 0.29) is 35.6 Å². The molecular weight excluding hydrogens is 450 g/mol.